The molecule has 0 bridgehead atoms. The van der Waals surface area contributed by atoms with Crippen molar-refractivity contribution in [3.63, 3.8) is 0 Å². The van der Waals surface area contributed by atoms with Gasteiger partial charge in [0.25, 0.3) is 0 Å². The van der Waals surface area contributed by atoms with Crippen LogP contribution in [0.3, 0.4) is 0 Å². The smallest absolute Gasteiger partial charge is 0.00286 e. The molecule has 0 amide bonds. The first-order valence-electron chi connectivity index (χ1n) is 9.82. The maximum absolute atomic E-state index is 5.49. The largest absolute Gasteiger partial charge is 0.330 e. The van der Waals surface area contributed by atoms with Crippen molar-refractivity contribution >= 4 is 10.2 Å². The van der Waals surface area contributed by atoms with Crippen LogP contribution in [-0.4, -0.2) is 29.9 Å². The van der Waals surface area contributed by atoms with E-state index in [-0.39, 0.29) is 0 Å². The molecule has 128 valence electrons. The summed E-state index contributed by atoms with van der Waals surface area (Å²) in [7, 11) is 1.37. The zero-order valence-electron chi connectivity index (χ0n) is 14.8. The van der Waals surface area contributed by atoms with Crippen LogP contribution >= 0.6 is 0 Å². The number of hydrogen-bond donors (Lipinski definition) is 2. The Kier molecular flexibility index (Phi) is 20.3. The molecule has 0 unspecified atom stereocenters. The highest BCUT2D eigenvalue weighted by Crippen LogP contribution is 2.12. The minimum atomic E-state index is 0.871. The second-order valence-electron chi connectivity index (χ2n) is 6.49. The maximum Gasteiger partial charge on any atom is 0.00286 e. The Morgan fingerprint density at radius 2 is 0.905 bits per heavy atom. The predicted octanol–water partition coefficient (Wildman–Crippen LogP) is 3.78. The lowest BCUT2D eigenvalue weighted by molar-refractivity contribution is 0.531. The molecule has 3 N–H and O–H groups in total. The van der Waals surface area contributed by atoms with Crippen molar-refractivity contribution in [1.29, 1.82) is 0 Å². The molecule has 0 saturated carbocycles. The third-order valence-electron chi connectivity index (χ3n) is 4.26. The number of rotatable bonds is 18. The van der Waals surface area contributed by atoms with Crippen molar-refractivity contribution in [2.45, 2.75) is 95.9 Å². The Morgan fingerprint density at radius 1 is 0.524 bits per heavy atom. The molecule has 0 aliphatic heterocycles. The zero-order chi connectivity index (χ0) is 15.4. The maximum atomic E-state index is 5.49. The zero-order valence-corrected chi connectivity index (χ0v) is 16.8. The van der Waals surface area contributed by atoms with Crippen molar-refractivity contribution in [3.8, 4) is 0 Å². The average molecular weight is 315 g/mol. The predicted molar refractivity (Wildman–Crippen MR) is 101 cm³/mol. The highest BCUT2D eigenvalue weighted by atomic mass is 28.1. The molecule has 0 aromatic heterocycles. The number of unbranched alkanes of at least 4 members (excludes halogenated alkanes) is 12. The highest BCUT2D eigenvalue weighted by Gasteiger charge is 1.94. The second-order valence-corrected chi connectivity index (χ2v) is 7.49. The molecule has 0 aromatic carbocycles. The van der Waals surface area contributed by atoms with Gasteiger partial charge in [-0.25, -0.2) is 0 Å². The van der Waals surface area contributed by atoms with Gasteiger partial charge in [-0.05, 0) is 38.9 Å². The van der Waals surface area contributed by atoms with Crippen LogP contribution in [0.15, 0.2) is 0 Å². The number of hydrogen-bond acceptors (Lipinski definition) is 2. The standard InChI is InChI=1S/C18H42N2Si/c19-15-12-10-8-6-4-2-1-3-5-7-9-11-13-16-20-17-14-18-21/h20H,1-19H2,21H3. The molecule has 0 aliphatic rings. The van der Waals surface area contributed by atoms with Crippen LogP contribution in [0.2, 0.25) is 6.04 Å². The van der Waals surface area contributed by atoms with Gasteiger partial charge in [0.05, 0.1) is 0 Å². The summed E-state index contributed by atoms with van der Waals surface area (Å²) in [5.41, 5.74) is 5.49. The van der Waals surface area contributed by atoms with Gasteiger partial charge in [0, 0.05) is 10.2 Å². The minimum absolute atomic E-state index is 0.871. The van der Waals surface area contributed by atoms with E-state index in [4.69, 9.17) is 5.73 Å². The molecule has 0 aliphatic carbocycles. The molecule has 3 heteroatoms. The molecular weight excluding hydrogens is 272 g/mol. The molecule has 0 spiro atoms. The minimum Gasteiger partial charge on any atom is -0.330 e. The van der Waals surface area contributed by atoms with Crippen LogP contribution in [-0.2, 0) is 0 Å². The number of nitrogens with one attached hydrogen (secondary N) is 1. The molecule has 0 fully saturated rings. The first-order valence-corrected chi connectivity index (χ1v) is 11.2. The number of nitrogens with two attached hydrogens (primary N) is 1. The summed E-state index contributed by atoms with van der Waals surface area (Å²) in [4.78, 5) is 0. The summed E-state index contributed by atoms with van der Waals surface area (Å²) in [6.07, 6.45) is 19.7. The summed E-state index contributed by atoms with van der Waals surface area (Å²) in [5.74, 6) is 0. The Bertz CT molecular complexity index is 159. The van der Waals surface area contributed by atoms with E-state index in [1.807, 2.05) is 0 Å². The normalized spacial score (nSPS) is 11.3. The Balaban J connectivity index is 2.90. The van der Waals surface area contributed by atoms with E-state index in [1.165, 1.54) is 119 Å². The Hall–Kier alpha value is 0.137. The van der Waals surface area contributed by atoms with Gasteiger partial charge in [-0.3, -0.25) is 0 Å². The summed E-state index contributed by atoms with van der Waals surface area (Å²) in [6.45, 7) is 3.36. The summed E-state index contributed by atoms with van der Waals surface area (Å²) >= 11 is 0. The lowest BCUT2D eigenvalue weighted by Crippen LogP contribution is -2.16. The molecule has 0 aromatic rings. The van der Waals surface area contributed by atoms with Crippen LogP contribution in [0.5, 0.6) is 0 Å². The summed E-state index contributed by atoms with van der Waals surface area (Å²) in [6, 6.07) is 1.45. The fourth-order valence-electron chi connectivity index (χ4n) is 2.77. The van der Waals surface area contributed by atoms with E-state index in [0.717, 1.165) is 6.54 Å². The third kappa shape index (κ3) is 20.1. The van der Waals surface area contributed by atoms with Crippen molar-refractivity contribution in [1.82, 2.24) is 5.32 Å². The van der Waals surface area contributed by atoms with Gasteiger partial charge in [0.15, 0.2) is 0 Å². The molecule has 0 radical (unpaired) electrons. The monoisotopic (exact) mass is 314 g/mol. The van der Waals surface area contributed by atoms with Crippen LogP contribution in [0.25, 0.3) is 0 Å². The van der Waals surface area contributed by atoms with Crippen molar-refractivity contribution < 1.29 is 0 Å². The van der Waals surface area contributed by atoms with Crippen LogP contribution in [0.4, 0.5) is 0 Å². The van der Waals surface area contributed by atoms with Gasteiger partial charge in [-0.15, -0.1) is 0 Å². The van der Waals surface area contributed by atoms with Crippen molar-refractivity contribution in [2.24, 2.45) is 5.73 Å². The molecule has 0 saturated heterocycles. The molecule has 0 rings (SSSR count). The van der Waals surface area contributed by atoms with Gasteiger partial charge in [-0.1, -0.05) is 76.7 Å². The Labute approximate surface area is 137 Å². The van der Waals surface area contributed by atoms with Crippen molar-refractivity contribution in [3.05, 3.63) is 0 Å². The first-order chi connectivity index (χ1) is 10.4. The average Bonchev–Trinajstić information content (AvgIpc) is 2.50. The first kappa shape index (κ1) is 21.1. The SMILES string of the molecule is NCCCCCCCCCCCCCCCNCCC[SiH3]. The second kappa shape index (κ2) is 20.1. The van der Waals surface area contributed by atoms with E-state index in [0.29, 0.717) is 0 Å². The fraction of sp³-hybridized carbons (Fsp3) is 1.00. The lowest BCUT2D eigenvalue weighted by Gasteiger charge is -2.04. The van der Waals surface area contributed by atoms with Crippen molar-refractivity contribution in [2.75, 3.05) is 19.6 Å². The lowest BCUT2D eigenvalue weighted by atomic mass is 10.0. The van der Waals surface area contributed by atoms with Crippen LogP contribution < -0.4 is 11.1 Å². The van der Waals surface area contributed by atoms with Gasteiger partial charge in [-0.2, -0.15) is 0 Å². The van der Waals surface area contributed by atoms with E-state index < -0.39 is 0 Å². The van der Waals surface area contributed by atoms with Crippen LogP contribution in [0.1, 0.15) is 89.9 Å². The fourth-order valence-corrected chi connectivity index (χ4v) is 3.12. The quantitative estimate of drug-likeness (QED) is 0.298. The topological polar surface area (TPSA) is 38.0 Å². The molecule has 0 heterocycles. The Morgan fingerprint density at radius 3 is 1.33 bits per heavy atom. The molecule has 2 nitrogen and oxygen atoms in total. The van der Waals surface area contributed by atoms with Crippen LogP contribution in [0, 0.1) is 0 Å². The van der Waals surface area contributed by atoms with Gasteiger partial charge < -0.3 is 11.1 Å². The van der Waals surface area contributed by atoms with E-state index >= 15 is 0 Å². The van der Waals surface area contributed by atoms with E-state index in [2.05, 4.69) is 5.32 Å². The van der Waals surface area contributed by atoms with Gasteiger partial charge in [0.1, 0.15) is 0 Å². The third-order valence-corrected chi connectivity index (χ3v) is 4.97. The van der Waals surface area contributed by atoms with E-state index in [9.17, 15) is 0 Å². The molecule has 0 atom stereocenters. The molecule has 21 heavy (non-hydrogen) atoms. The van der Waals surface area contributed by atoms with Gasteiger partial charge in [0.2, 0.25) is 0 Å². The highest BCUT2D eigenvalue weighted by molar-refractivity contribution is 6.08. The van der Waals surface area contributed by atoms with Gasteiger partial charge >= 0.3 is 0 Å². The summed E-state index contributed by atoms with van der Waals surface area (Å²) < 4.78 is 0. The molecular formula is C18H42N2Si. The van der Waals surface area contributed by atoms with E-state index in [1.54, 1.807) is 0 Å². The summed E-state index contributed by atoms with van der Waals surface area (Å²) in [5, 5.41) is 3.54.